The third-order valence-corrected chi connectivity index (χ3v) is 3.35. The molecule has 11 heavy (non-hydrogen) atoms. The van der Waals surface area contributed by atoms with Crippen LogP contribution in [0.25, 0.3) is 0 Å². The maximum atomic E-state index is 9.72. The van der Waals surface area contributed by atoms with Gasteiger partial charge in [-0.3, -0.25) is 0 Å². The van der Waals surface area contributed by atoms with E-state index in [0.29, 0.717) is 0 Å². The first-order chi connectivity index (χ1) is 5.43. The van der Waals surface area contributed by atoms with E-state index in [1.807, 2.05) is 30.3 Å². The molecular weight excluding hydrogens is 247 g/mol. The maximum absolute atomic E-state index is 9.72. The normalized spacial score (nSPS) is 8.36. The summed E-state index contributed by atoms with van der Waals surface area (Å²) in [5, 5.41) is 0. The van der Waals surface area contributed by atoms with Crippen molar-refractivity contribution in [3.05, 3.63) is 36.6 Å². The predicted molar refractivity (Wildman–Crippen MR) is 43.2 cm³/mol. The molecule has 2 radical (unpaired) electrons. The Morgan fingerprint density at radius 1 is 1.36 bits per heavy atom. The number of carbonyl (C=O) groups excluding carboxylic acids is 1. The number of benzene rings is 1. The Morgan fingerprint density at radius 3 is 2.73 bits per heavy atom. The molecule has 1 aromatic rings. The van der Waals surface area contributed by atoms with Crippen LogP contribution in [0.4, 0.5) is 0 Å². The minimum absolute atomic E-state index is 1.00. The van der Waals surface area contributed by atoms with Gasteiger partial charge in [0.25, 0.3) is 0 Å². The Balaban J connectivity index is 2.45. The fraction of sp³-hybridized carbons (Fsp3) is 0. The van der Waals surface area contributed by atoms with Crippen LogP contribution in [0.3, 0.4) is 0 Å². The van der Waals surface area contributed by atoms with Crippen LogP contribution in [0.15, 0.2) is 36.6 Å². The van der Waals surface area contributed by atoms with Crippen molar-refractivity contribution in [3.8, 4) is 0 Å². The summed E-state index contributed by atoms with van der Waals surface area (Å²) in [5.74, 6) is 1.58. The zero-order valence-corrected chi connectivity index (χ0v) is 8.63. The van der Waals surface area contributed by atoms with Crippen LogP contribution in [0.5, 0.6) is 0 Å². The molecule has 0 unspecified atom stereocenters. The predicted octanol–water partition coefficient (Wildman–Crippen LogP) is 0.293. The second-order valence-electron chi connectivity index (χ2n) is 1.82. The average molecular weight is 253 g/mol. The fourth-order valence-corrected chi connectivity index (χ4v) is 2.26. The van der Waals surface area contributed by atoms with Gasteiger partial charge in [-0.1, -0.05) is 0 Å². The summed E-state index contributed by atoms with van der Waals surface area (Å²) in [6.07, 6.45) is 1.10. The van der Waals surface area contributed by atoms with E-state index >= 15 is 0 Å². The van der Waals surface area contributed by atoms with Gasteiger partial charge in [0.1, 0.15) is 0 Å². The second kappa shape index (κ2) is 4.99. The number of hydrogen-bond acceptors (Lipinski definition) is 2. The van der Waals surface area contributed by atoms with Gasteiger partial charge in [-0.25, -0.2) is 0 Å². The van der Waals surface area contributed by atoms with E-state index < -0.39 is 21.6 Å². The zero-order chi connectivity index (χ0) is 7.94. The van der Waals surface area contributed by atoms with E-state index in [4.69, 9.17) is 3.07 Å². The van der Waals surface area contributed by atoms with E-state index in [2.05, 4.69) is 0 Å². The van der Waals surface area contributed by atoms with Crippen LogP contribution in [0.2, 0.25) is 0 Å². The van der Waals surface area contributed by atoms with Gasteiger partial charge in [-0.05, 0) is 0 Å². The van der Waals surface area contributed by atoms with Crippen molar-refractivity contribution in [2.75, 3.05) is 0 Å². The fourth-order valence-electron chi connectivity index (χ4n) is 0.628. The van der Waals surface area contributed by atoms with Gasteiger partial charge in [-0.2, -0.15) is 0 Å². The van der Waals surface area contributed by atoms with Crippen molar-refractivity contribution in [1.29, 1.82) is 0 Å². The van der Waals surface area contributed by atoms with Gasteiger partial charge in [0.15, 0.2) is 0 Å². The van der Waals surface area contributed by atoms with Crippen LogP contribution < -0.4 is 3.58 Å². The van der Waals surface area contributed by atoms with Crippen LogP contribution in [-0.4, -0.2) is 27.5 Å². The summed E-state index contributed by atoms with van der Waals surface area (Å²) in [6.45, 7) is 0. The third kappa shape index (κ3) is 3.25. The standard InChI is InChI=1S/C6H5.C2H2O2.Sn/c1-2-4-6-5-3-1;3-1-2-4;/h1-5H;1,3H;/q;;+1/p-1. The molecule has 0 aliphatic heterocycles. The van der Waals surface area contributed by atoms with E-state index in [9.17, 15) is 4.79 Å². The van der Waals surface area contributed by atoms with Crippen molar-refractivity contribution in [3.63, 3.8) is 0 Å². The Hall–Kier alpha value is -0.731. The van der Waals surface area contributed by atoms with E-state index in [-0.39, 0.29) is 0 Å². The Bertz CT molecular complexity index is 252. The average Bonchev–Trinajstić information content (AvgIpc) is 2.07. The van der Waals surface area contributed by atoms with Crippen LogP contribution >= 0.6 is 0 Å². The first-order valence-electron chi connectivity index (χ1n) is 3.09. The molecule has 1 aromatic carbocycles. The molecule has 0 aliphatic rings. The quantitative estimate of drug-likeness (QED) is 0.439. The number of rotatable bonds is 3. The zero-order valence-electron chi connectivity index (χ0n) is 5.78. The summed E-state index contributed by atoms with van der Waals surface area (Å²) in [6, 6.07) is 9.89. The topological polar surface area (TPSA) is 26.3 Å². The summed E-state index contributed by atoms with van der Waals surface area (Å²) < 4.78 is 6.20. The van der Waals surface area contributed by atoms with Crippen LogP contribution in [0.1, 0.15) is 0 Å². The number of hydrogen-bond donors (Lipinski definition) is 0. The summed E-state index contributed by atoms with van der Waals surface area (Å²) in [4.78, 5) is 9.72. The molecule has 0 atom stereocenters. The Labute approximate surface area is 75.6 Å². The summed E-state index contributed by atoms with van der Waals surface area (Å²) in [5.41, 5.74) is 0. The first kappa shape index (κ1) is 8.37. The molecule has 1 rings (SSSR count). The van der Waals surface area contributed by atoms with Gasteiger partial charge in [0.05, 0.1) is 0 Å². The van der Waals surface area contributed by atoms with Gasteiger partial charge in [0.2, 0.25) is 0 Å². The van der Waals surface area contributed by atoms with Gasteiger partial charge < -0.3 is 0 Å². The van der Waals surface area contributed by atoms with Crippen molar-refractivity contribution < 1.29 is 7.87 Å². The van der Waals surface area contributed by atoms with Gasteiger partial charge in [-0.15, -0.1) is 0 Å². The molecule has 3 heteroatoms. The Kier molecular flexibility index (Phi) is 3.80. The molecule has 0 bridgehead atoms. The molecular formula is C8H6O2Sn. The SMILES string of the molecule is O=C=C[O][Sn][c]1ccccc1. The molecule has 0 amide bonds. The first-order valence-corrected chi connectivity index (χ1v) is 5.69. The molecule has 54 valence electrons. The van der Waals surface area contributed by atoms with Gasteiger partial charge in [0, 0.05) is 0 Å². The molecule has 0 fully saturated rings. The monoisotopic (exact) mass is 254 g/mol. The van der Waals surface area contributed by atoms with Gasteiger partial charge >= 0.3 is 75.5 Å². The van der Waals surface area contributed by atoms with E-state index in [1.54, 1.807) is 5.94 Å². The van der Waals surface area contributed by atoms with Crippen LogP contribution in [-0.2, 0) is 7.87 Å². The molecule has 2 nitrogen and oxygen atoms in total. The summed E-state index contributed by atoms with van der Waals surface area (Å²) >= 11 is -1.00. The minimum atomic E-state index is -1.00. The third-order valence-electron chi connectivity index (χ3n) is 1.06. The molecule has 0 saturated carbocycles. The van der Waals surface area contributed by atoms with Crippen molar-refractivity contribution in [2.24, 2.45) is 0 Å². The molecule has 0 aromatic heterocycles. The van der Waals surface area contributed by atoms with Crippen molar-refractivity contribution in [2.45, 2.75) is 0 Å². The molecule has 0 aliphatic carbocycles. The molecule has 0 saturated heterocycles. The second-order valence-corrected chi connectivity index (χ2v) is 4.72. The van der Waals surface area contributed by atoms with E-state index in [0.717, 1.165) is 6.26 Å². The molecule has 0 N–H and O–H groups in total. The molecule has 0 spiro atoms. The molecule has 0 heterocycles. The summed E-state index contributed by atoms with van der Waals surface area (Å²) in [7, 11) is 0. The van der Waals surface area contributed by atoms with Crippen LogP contribution in [0, 0.1) is 0 Å². The van der Waals surface area contributed by atoms with Crippen molar-refractivity contribution in [1.82, 2.24) is 0 Å². The van der Waals surface area contributed by atoms with E-state index in [1.165, 1.54) is 3.58 Å². The Morgan fingerprint density at radius 2 is 2.09 bits per heavy atom. The van der Waals surface area contributed by atoms with Crippen molar-refractivity contribution >= 4 is 31.1 Å².